The first kappa shape index (κ1) is 8.09. The second kappa shape index (κ2) is 3.18. The fraction of sp³-hybridized carbons (Fsp3) is 0.800. The van der Waals surface area contributed by atoms with Crippen molar-refractivity contribution in [1.82, 2.24) is 9.80 Å². The van der Waals surface area contributed by atoms with Crippen LogP contribution in [-0.4, -0.2) is 43.5 Å². The number of hydrogen-bond acceptors (Lipinski definition) is 0. The Labute approximate surface area is 53.3 Å². The molecule has 0 radical (unpaired) electrons. The molecule has 0 aliphatic carbocycles. The summed E-state index contributed by atoms with van der Waals surface area (Å²) in [7, 11) is 11.4. The maximum absolute atomic E-state index is 3.42. The van der Waals surface area contributed by atoms with Gasteiger partial charge in [0.05, 0.1) is 5.54 Å². The Morgan fingerprint density at radius 3 is 1.25 bits per heavy atom. The van der Waals surface area contributed by atoms with Crippen molar-refractivity contribution in [3.8, 4) is 0 Å². The van der Waals surface area contributed by atoms with Crippen molar-refractivity contribution in [2.24, 2.45) is 0 Å². The molecule has 0 N–H and O–H groups in total. The molecule has 0 saturated heterocycles. The third kappa shape index (κ3) is 2.41. The Morgan fingerprint density at radius 2 is 1.25 bits per heavy atom. The number of nitrogens with zero attached hydrogens (tertiary/aromatic N) is 2. The smallest absolute Gasteiger partial charge is 0.0821 e. The molecule has 0 aromatic carbocycles. The largest absolute Gasteiger partial charge is 0.268 e. The molecule has 0 amide bonds. The van der Waals surface area contributed by atoms with Crippen LogP contribution in [0.15, 0.2) is 0 Å². The van der Waals surface area contributed by atoms with E-state index in [4.69, 9.17) is 0 Å². The fourth-order valence-corrected chi connectivity index (χ4v) is 0.400. The van der Waals surface area contributed by atoms with Crippen LogP contribution in [0.1, 0.15) is 0 Å². The van der Waals surface area contributed by atoms with E-state index in [1.165, 1.54) is 0 Å². The molecule has 0 saturated carbocycles. The number of rotatable bonds is 2. The highest BCUT2D eigenvalue weighted by Gasteiger charge is 1.97. The van der Waals surface area contributed by atoms with Crippen molar-refractivity contribution in [2.75, 3.05) is 28.2 Å². The highest BCUT2D eigenvalue weighted by Crippen LogP contribution is 1.87. The molecular weight excluding hydrogens is 119 g/mol. The molecule has 0 fully saturated rings. The van der Waals surface area contributed by atoms with Gasteiger partial charge < -0.3 is 0 Å². The molecular formula is C5H13N2P. The Morgan fingerprint density at radius 1 is 1.00 bits per heavy atom. The molecule has 0 aromatic heterocycles. The summed E-state index contributed by atoms with van der Waals surface area (Å²) in [5, 5.41) is 0. The summed E-state index contributed by atoms with van der Waals surface area (Å²) in [6.45, 7) is 0. The van der Waals surface area contributed by atoms with E-state index < -0.39 is 0 Å². The van der Waals surface area contributed by atoms with Gasteiger partial charge in [-0.2, -0.15) is 0 Å². The zero-order valence-corrected chi connectivity index (χ0v) is 6.89. The van der Waals surface area contributed by atoms with E-state index in [2.05, 4.69) is 8.86 Å². The molecule has 0 aliphatic rings. The minimum atomic E-state index is 1.07. The van der Waals surface area contributed by atoms with Crippen LogP contribution in [0.3, 0.4) is 0 Å². The van der Waals surface area contributed by atoms with Crippen LogP contribution in [0.2, 0.25) is 0 Å². The average molecular weight is 132 g/mol. The van der Waals surface area contributed by atoms with Crippen molar-refractivity contribution in [2.45, 2.75) is 0 Å². The van der Waals surface area contributed by atoms with E-state index in [1.807, 2.05) is 38.0 Å². The predicted molar refractivity (Wildman–Crippen MR) is 40.7 cm³/mol. The van der Waals surface area contributed by atoms with E-state index in [0.29, 0.717) is 0 Å². The Kier molecular flexibility index (Phi) is 3.22. The maximum Gasteiger partial charge on any atom is 0.0821 e. The third-order valence-corrected chi connectivity index (χ3v) is 1.74. The molecule has 3 heteroatoms. The third-order valence-electron chi connectivity index (χ3n) is 0.847. The minimum Gasteiger partial charge on any atom is -0.268 e. The van der Waals surface area contributed by atoms with Crippen LogP contribution < -0.4 is 0 Å². The Bertz CT molecular complexity index is 78.4. The van der Waals surface area contributed by atoms with Crippen molar-refractivity contribution in [1.29, 1.82) is 0 Å². The first-order chi connectivity index (χ1) is 3.55. The van der Waals surface area contributed by atoms with E-state index in [1.54, 1.807) is 0 Å². The Hall–Kier alpha value is 0.0900. The average Bonchev–Trinajstić information content (AvgIpc) is 1.64. The summed E-state index contributed by atoms with van der Waals surface area (Å²) < 4.78 is 0. The topological polar surface area (TPSA) is 6.48 Å². The molecule has 2 nitrogen and oxygen atoms in total. The van der Waals surface area contributed by atoms with Crippen molar-refractivity contribution in [3.05, 3.63) is 0 Å². The van der Waals surface area contributed by atoms with Crippen LogP contribution >= 0.6 is 8.86 Å². The second-order valence-electron chi connectivity index (χ2n) is 2.11. The lowest BCUT2D eigenvalue weighted by Gasteiger charge is -2.18. The molecule has 0 bridgehead atoms. The van der Waals surface area contributed by atoms with Crippen LogP contribution in [0.5, 0.6) is 0 Å². The molecule has 0 heterocycles. The normalized spacial score (nSPS) is 10.8. The molecule has 8 heavy (non-hydrogen) atoms. The van der Waals surface area contributed by atoms with Gasteiger partial charge in [-0.25, -0.2) is 0 Å². The highest BCUT2D eigenvalue weighted by atomic mass is 31.0. The first-order valence-corrected chi connectivity index (χ1v) is 2.99. The highest BCUT2D eigenvalue weighted by molar-refractivity contribution is 7.20. The Balaban J connectivity index is 3.65. The lowest BCUT2D eigenvalue weighted by Crippen LogP contribution is -2.32. The summed E-state index contributed by atoms with van der Waals surface area (Å²) in [6.07, 6.45) is 0. The van der Waals surface area contributed by atoms with E-state index in [-0.39, 0.29) is 0 Å². The molecule has 48 valence electrons. The summed E-state index contributed by atoms with van der Waals surface area (Å²) in [5.41, 5.74) is 1.07. The predicted octanol–water partition coefficient (Wildman–Crippen LogP) is 0.340. The fourth-order valence-electron chi connectivity index (χ4n) is 0.400. The van der Waals surface area contributed by atoms with Gasteiger partial charge in [0.15, 0.2) is 0 Å². The van der Waals surface area contributed by atoms with Crippen LogP contribution in [0.4, 0.5) is 0 Å². The SMILES string of the molecule is CN(C)C(=P)N(C)C. The van der Waals surface area contributed by atoms with E-state index in [9.17, 15) is 0 Å². The van der Waals surface area contributed by atoms with Gasteiger partial charge in [-0.3, -0.25) is 9.80 Å². The molecule has 0 rings (SSSR count). The second-order valence-corrected chi connectivity index (χ2v) is 2.56. The summed E-state index contributed by atoms with van der Waals surface area (Å²) in [6, 6.07) is 0. The summed E-state index contributed by atoms with van der Waals surface area (Å²) in [4.78, 5) is 3.99. The molecule has 0 unspecified atom stereocenters. The monoisotopic (exact) mass is 132 g/mol. The van der Waals surface area contributed by atoms with Crippen LogP contribution in [0, 0.1) is 0 Å². The lowest BCUT2D eigenvalue weighted by molar-refractivity contribution is 0.501. The molecule has 0 spiro atoms. The van der Waals surface area contributed by atoms with Gasteiger partial charge >= 0.3 is 0 Å². The first-order valence-electron chi connectivity index (χ1n) is 2.49. The van der Waals surface area contributed by atoms with Crippen LogP contribution in [0.25, 0.3) is 0 Å². The standard InChI is InChI=1S/C5H13N2P/c1-6(2)5(8)7(3)4/h8H,1-4H3. The maximum atomic E-state index is 3.42. The molecule has 0 aromatic rings. The molecule has 0 aliphatic heterocycles. The van der Waals surface area contributed by atoms with Crippen molar-refractivity contribution < 1.29 is 0 Å². The summed E-state index contributed by atoms with van der Waals surface area (Å²) in [5.74, 6) is 0. The van der Waals surface area contributed by atoms with Crippen LogP contribution in [-0.2, 0) is 0 Å². The van der Waals surface area contributed by atoms with Gasteiger partial charge in [-0.05, 0) is 28.2 Å². The van der Waals surface area contributed by atoms with Gasteiger partial charge in [0.1, 0.15) is 0 Å². The van der Waals surface area contributed by atoms with E-state index in [0.717, 1.165) is 5.54 Å². The van der Waals surface area contributed by atoms with Gasteiger partial charge in [0, 0.05) is 0 Å². The number of hydrogen-bond donors (Lipinski definition) is 0. The minimum absolute atomic E-state index is 1.07. The van der Waals surface area contributed by atoms with Gasteiger partial charge in [0.2, 0.25) is 0 Å². The summed E-state index contributed by atoms with van der Waals surface area (Å²) >= 11 is 0. The van der Waals surface area contributed by atoms with Gasteiger partial charge in [-0.15, -0.1) is 0 Å². The van der Waals surface area contributed by atoms with E-state index >= 15 is 0 Å². The van der Waals surface area contributed by atoms with Gasteiger partial charge in [0.25, 0.3) is 0 Å². The zero-order valence-electron chi connectivity index (χ0n) is 5.89. The van der Waals surface area contributed by atoms with Crippen molar-refractivity contribution in [3.63, 3.8) is 0 Å². The molecule has 0 atom stereocenters. The zero-order chi connectivity index (χ0) is 6.73. The quantitative estimate of drug-likeness (QED) is 0.500. The van der Waals surface area contributed by atoms with Gasteiger partial charge in [-0.1, -0.05) is 8.86 Å². The lowest BCUT2D eigenvalue weighted by atomic mass is 10.8. The van der Waals surface area contributed by atoms with Crippen molar-refractivity contribution >= 4 is 14.4 Å².